The van der Waals surface area contributed by atoms with Crippen molar-refractivity contribution in [2.45, 2.75) is 45.3 Å². The Kier molecular flexibility index (Phi) is 3.10. The third-order valence-electron chi connectivity index (χ3n) is 3.28. The topological polar surface area (TPSA) is 41.6 Å². The number of nitrogens with one attached hydrogen (secondary N) is 1. The number of rotatable bonds is 0. The molecule has 0 aliphatic carbocycles. The first-order valence-corrected chi connectivity index (χ1v) is 6.17. The third kappa shape index (κ3) is 2.67. The van der Waals surface area contributed by atoms with E-state index in [9.17, 15) is 4.79 Å². The van der Waals surface area contributed by atoms with Crippen LogP contribution in [0.25, 0.3) is 0 Å². The zero-order chi connectivity index (χ0) is 11.8. The van der Waals surface area contributed by atoms with E-state index in [0.29, 0.717) is 6.04 Å². The van der Waals surface area contributed by atoms with E-state index in [1.165, 1.54) is 6.42 Å². The Bertz CT molecular complexity index is 273. The Labute approximate surface area is 97.3 Å². The number of hydrogen-bond donors (Lipinski definition) is 1. The van der Waals surface area contributed by atoms with Crippen LogP contribution in [0.1, 0.15) is 33.6 Å². The smallest absolute Gasteiger partial charge is 0.410 e. The van der Waals surface area contributed by atoms with Crippen molar-refractivity contribution in [3.8, 4) is 0 Å². The molecular formula is C12H22N2O2. The van der Waals surface area contributed by atoms with Gasteiger partial charge in [-0.05, 0) is 46.1 Å². The number of fused-ring (bicyclic) bond motifs is 1. The maximum absolute atomic E-state index is 11.9. The van der Waals surface area contributed by atoms with Gasteiger partial charge in [0.2, 0.25) is 0 Å². The van der Waals surface area contributed by atoms with Crippen LogP contribution < -0.4 is 5.32 Å². The summed E-state index contributed by atoms with van der Waals surface area (Å²) >= 11 is 0. The van der Waals surface area contributed by atoms with Gasteiger partial charge in [-0.15, -0.1) is 0 Å². The molecule has 0 aromatic carbocycles. The van der Waals surface area contributed by atoms with Gasteiger partial charge in [0, 0.05) is 19.1 Å². The summed E-state index contributed by atoms with van der Waals surface area (Å²) in [4.78, 5) is 13.8. The second-order valence-electron chi connectivity index (χ2n) is 5.84. The van der Waals surface area contributed by atoms with E-state index in [4.69, 9.17) is 4.74 Å². The van der Waals surface area contributed by atoms with Crippen LogP contribution in [-0.2, 0) is 4.74 Å². The molecule has 4 heteroatoms. The van der Waals surface area contributed by atoms with Crippen LogP contribution in [-0.4, -0.2) is 42.3 Å². The summed E-state index contributed by atoms with van der Waals surface area (Å²) in [6.45, 7) is 8.49. The lowest BCUT2D eigenvalue weighted by atomic mass is 9.89. The lowest BCUT2D eigenvalue weighted by Gasteiger charge is -2.38. The fourth-order valence-corrected chi connectivity index (χ4v) is 2.33. The molecule has 2 atom stereocenters. The molecule has 2 aliphatic heterocycles. The predicted molar refractivity (Wildman–Crippen MR) is 62.3 cm³/mol. The summed E-state index contributed by atoms with van der Waals surface area (Å²) < 4.78 is 5.40. The molecular weight excluding hydrogens is 204 g/mol. The number of nitrogens with zero attached hydrogens (tertiary/aromatic N) is 1. The Morgan fingerprint density at radius 2 is 2.19 bits per heavy atom. The summed E-state index contributed by atoms with van der Waals surface area (Å²) in [5.74, 6) is 0.771. The Morgan fingerprint density at radius 1 is 1.44 bits per heavy atom. The molecule has 2 saturated heterocycles. The number of amides is 1. The minimum absolute atomic E-state index is 0.165. The van der Waals surface area contributed by atoms with Gasteiger partial charge >= 0.3 is 6.09 Å². The minimum atomic E-state index is -0.393. The molecule has 2 heterocycles. The van der Waals surface area contributed by atoms with E-state index in [0.717, 1.165) is 32.0 Å². The van der Waals surface area contributed by atoms with Crippen molar-refractivity contribution in [3.05, 3.63) is 0 Å². The second kappa shape index (κ2) is 4.24. The van der Waals surface area contributed by atoms with Crippen LogP contribution >= 0.6 is 0 Å². The van der Waals surface area contributed by atoms with Crippen LogP contribution in [0, 0.1) is 5.92 Å². The molecule has 0 radical (unpaired) electrons. The lowest BCUT2D eigenvalue weighted by Crippen LogP contribution is -2.57. The summed E-state index contributed by atoms with van der Waals surface area (Å²) in [7, 11) is 0. The molecule has 92 valence electrons. The highest BCUT2D eigenvalue weighted by atomic mass is 16.6. The number of likely N-dealkylation sites (tertiary alicyclic amines) is 1. The van der Waals surface area contributed by atoms with Crippen molar-refractivity contribution in [2.75, 3.05) is 19.6 Å². The maximum atomic E-state index is 11.9. The molecule has 2 aliphatic rings. The van der Waals surface area contributed by atoms with Crippen molar-refractivity contribution in [1.82, 2.24) is 10.2 Å². The summed E-state index contributed by atoms with van der Waals surface area (Å²) in [6, 6.07) is 0.495. The molecule has 4 nitrogen and oxygen atoms in total. The first-order chi connectivity index (χ1) is 7.46. The second-order valence-corrected chi connectivity index (χ2v) is 5.84. The molecule has 1 amide bonds. The quantitative estimate of drug-likeness (QED) is 0.682. The van der Waals surface area contributed by atoms with Crippen molar-refractivity contribution >= 4 is 6.09 Å². The van der Waals surface area contributed by atoms with E-state index in [1.807, 2.05) is 25.7 Å². The van der Waals surface area contributed by atoms with Crippen LogP contribution in [0.15, 0.2) is 0 Å². The highest BCUT2D eigenvalue weighted by Crippen LogP contribution is 2.24. The molecule has 0 saturated carbocycles. The normalized spacial score (nSPS) is 30.1. The van der Waals surface area contributed by atoms with E-state index < -0.39 is 5.60 Å². The van der Waals surface area contributed by atoms with Crippen molar-refractivity contribution in [1.29, 1.82) is 0 Å². The Balaban J connectivity index is 1.90. The maximum Gasteiger partial charge on any atom is 0.410 e. The van der Waals surface area contributed by atoms with Gasteiger partial charge in [0.05, 0.1) is 0 Å². The molecule has 2 rings (SSSR count). The monoisotopic (exact) mass is 226 g/mol. The number of carbonyl (C=O) groups excluding carboxylic acids is 1. The van der Waals surface area contributed by atoms with Gasteiger partial charge < -0.3 is 15.0 Å². The summed E-state index contributed by atoms with van der Waals surface area (Å²) in [6.07, 6.45) is 2.17. The van der Waals surface area contributed by atoms with Crippen LogP contribution in [0.3, 0.4) is 0 Å². The first kappa shape index (κ1) is 11.7. The number of hydrogen-bond acceptors (Lipinski definition) is 3. The molecule has 2 unspecified atom stereocenters. The fourth-order valence-electron chi connectivity index (χ4n) is 2.33. The lowest BCUT2D eigenvalue weighted by molar-refractivity contribution is 0.0224. The SMILES string of the molecule is CC(C)(C)OC(=O)N1CCCC2CNC2C1. The average Bonchev–Trinajstić information content (AvgIpc) is 2.23. The van der Waals surface area contributed by atoms with Crippen molar-refractivity contribution in [2.24, 2.45) is 5.92 Å². The summed E-state index contributed by atoms with van der Waals surface area (Å²) in [5, 5.41) is 3.39. The standard InChI is InChI=1S/C12H22N2O2/c1-12(2,3)16-11(15)14-6-4-5-9-7-13-10(9)8-14/h9-10,13H,4-8H2,1-3H3. The molecule has 16 heavy (non-hydrogen) atoms. The molecule has 0 spiro atoms. The predicted octanol–water partition coefficient (Wildman–Crippen LogP) is 1.61. The third-order valence-corrected chi connectivity index (χ3v) is 3.28. The highest BCUT2D eigenvalue weighted by molar-refractivity contribution is 5.68. The molecule has 2 fully saturated rings. The van der Waals surface area contributed by atoms with Crippen molar-refractivity contribution in [3.63, 3.8) is 0 Å². The van der Waals surface area contributed by atoms with Crippen LogP contribution in [0.5, 0.6) is 0 Å². The van der Waals surface area contributed by atoms with Gasteiger partial charge in [0.25, 0.3) is 0 Å². The van der Waals surface area contributed by atoms with Gasteiger partial charge in [-0.25, -0.2) is 4.79 Å². The van der Waals surface area contributed by atoms with E-state index in [-0.39, 0.29) is 6.09 Å². The van der Waals surface area contributed by atoms with Crippen molar-refractivity contribution < 1.29 is 9.53 Å². The van der Waals surface area contributed by atoms with Gasteiger partial charge in [0.15, 0.2) is 0 Å². The van der Waals surface area contributed by atoms with E-state index >= 15 is 0 Å². The van der Waals surface area contributed by atoms with E-state index in [2.05, 4.69) is 5.32 Å². The average molecular weight is 226 g/mol. The molecule has 0 aromatic heterocycles. The molecule has 0 aromatic rings. The van der Waals surface area contributed by atoms with Crippen LogP contribution in [0.2, 0.25) is 0 Å². The molecule has 0 bridgehead atoms. The van der Waals surface area contributed by atoms with Gasteiger partial charge in [-0.1, -0.05) is 0 Å². The summed E-state index contributed by atoms with van der Waals surface area (Å²) in [5.41, 5.74) is -0.393. The molecule has 1 N–H and O–H groups in total. The van der Waals surface area contributed by atoms with E-state index in [1.54, 1.807) is 0 Å². The zero-order valence-corrected chi connectivity index (χ0v) is 10.5. The first-order valence-electron chi connectivity index (χ1n) is 6.17. The number of ether oxygens (including phenoxy) is 1. The number of carbonyl (C=O) groups is 1. The highest BCUT2D eigenvalue weighted by Gasteiger charge is 2.36. The van der Waals surface area contributed by atoms with Gasteiger partial charge in [0.1, 0.15) is 5.60 Å². The zero-order valence-electron chi connectivity index (χ0n) is 10.5. The van der Waals surface area contributed by atoms with Gasteiger partial charge in [-0.2, -0.15) is 0 Å². The fraction of sp³-hybridized carbons (Fsp3) is 0.917. The Hall–Kier alpha value is -0.770. The van der Waals surface area contributed by atoms with Gasteiger partial charge in [-0.3, -0.25) is 0 Å². The largest absolute Gasteiger partial charge is 0.444 e. The Morgan fingerprint density at radius 3 is 2.75 bits per heavy atom. The minimum Gasteiger partial charge on any atom is -0.444 e. The van der Waals surface area contributed by atoms with Crippen LogP contribution in [0.4, 0.5) is 4.79 Å².